The number of halogens is 1. The van der Waals surface area contributed by atoms with Crippen LogP contribution in [-0.4, -0.2) is 23.6 Å². The Bertz CT molecular complexity index is 390. The highest BCUT2D eigenvalue weighted by molar-refractivity contribution is 9.10. The van der Waals surface area contributed by atoms with Gasteiger partial charge in [-0.2, -0.15) is 0 Å². The Morgan fingerprint density at radius 2 is 2.06 bits per heavy atom. The van der Waals surface area contributed by atoms with Gasteiger partial charge in [0.25, 0.3) is 0 Å². The molecule has 1 saturated carbocycles. The van der Waals surface area contributed by atoms with Crippen LogP contribution in [0.25, 0.3) is 0 Å². The summed E-state index contributed by atoms with van der Waals surface area (Å²) in [5.74, 6) is 1.70. The van der Waals surface area contributed by atoms with E-state index in [0.717, 1.165) is 22.7 Å². The summed E-state index contributed by atoms with van der Waals surface area (Å²) in [6.07, 6.45) is 6.83. The van der Waals surface area contributed by atoms with E-state index < -0.39 is 0 Å². The average Bonchev–Trinajstić information content (AvgIpc) is 3.09. The van der Waals surface area contributed by atoms with Gasteiger partial charge in [0, 0.05) is 13.6 Å². The second-order valence-electron chi connectivity index (χ2n) is 4.74. The Balaban J connectivity index is 1.99. The molecule has 1 aromatic heterocycles. The zero-order chi connectivity index (χ0) is 12.3. The molecule has 0 aliphatic heterocycles. The van der Waals surface area contributed by atoms with Gasteiger partial charge in [-0.15, -0.1) is 0 Å². The van der Waals surface area contributed by atoms with Gasteiger partial charge in [0.15, 0.2) is 0 Å². The first-order valence-electron chi connectivity index (χ1n) is 6.13. The molecule has 0 atom stereocenters. The highest BCUT2D eigenvalue weighted by Crippen LogP contribution is 2.49. The van der Waals surface area contributed by atoms with E-state index >= 15 is 0 Å². The number of aromatic nitrogens is 2. The summed E-state index contributed by atoms with van der Waals surface area (Å²) < 4.78 is 0.912. The highest BCUT2D eigenvalue weighted by atomic mass is 79.9. The van der Waals surface area contributed by atoms with E-state index in [2.05, 4.69) is 43.5 Å². The number of rotatable bonds is 6. The number of nitrogens with one attached hydrogen (secondary N) is 2. The van der Waals surface area contributed by atoms with Gasteiger partial charge < -0.3 is 10.6 Å². The van der Waals surface area contributed by atoms with Gasteiger partial charge in [0.2, 0.25) is 0 Å². The highest BCUT2D eigenvalue weighted by Gasteiger charge is 2.41. The van der Waals surface area contributed by atoms with Crippen LogP contribution in [0.3, 0.4) is 0 Å². The molecule has 0 aromatic carbocycles. The van der Waals surface area contributed by atoms with Gasteiger partial charge in [0.05, 0.1) is 0 Å². The zero-order valence-electron chi connectivity index (χ0n) is 10.4. The van der Waals surface area contributed by atoms with E-state index in [4.69, 9.17) is 0 Å². The molecule has 1 aromatic rings. The Kier molecular flexibility index (Phi) is 3.86. The van der Waals surface area contributed by atoms with Crippen LogP contribution in [0.1, 0.15) is 32.6 Å². The normalized spacial score (nSPS) is 16.6. The van der Waals surface area contributed by atoms with Gasteiger partial charge in [0.1, 0.15) is 22.4 Å². The van der Waals surface area contributed by atoms with Crippen LogP contribution in [0.15, 0.2) is 10.8 Å². The second kappa shape index (κ2) is 5.21. The fraction of sp³-hybridized carbons (Fsp3) is 0.667. The molecule has 0 unspecified atom stereocenters. The molecule has 0 radical (unpaired) electrons. The predicted octanol–water partition coefficient (Wildman–Crippen LogP) is 3.27. The molecule has 17 heavy (non-hydrogen) atoms. The number of nitrogens with zero attached hydrogens (tertiary/aromatic N) is 2. The summed E-state index contributed by atoms with van der Waals surface area (Å²) in [6.45, 7) is 3.26. The van der Waals surface area contributed by atoms with Crippen molar-refractivity contribution in [2.75, 3.05) is 24.2 Å². The fourth-order valence-corrected chi connectivity index (χ4v) is 2.70. The van der Waals surface area contributed by atoms with Crippen LogP contribution in [0.5, 0.6) is 0 Å². The second-order valence-corrected chi connectivity index (χ2v) is 5.53. The Hall–Kier alpha value is -0.840. The van der Waals surface area contributed by atoms with Gasteiger partial charge >= 0.3 is 0 Å². The fourth-order valence-electron chi connectivity index (χ4n) is 2.16. The molecule has 94 valence electrons. The molecule has 1 heterocycles. The van der Waals surface area contributed by atoms with E-state index in [1.165, 1.54) is 25.7 Å². The molecular weight excluding hydrogens is 280 g/mol. The average molecular weight is 299 g/mol. The summed E-state index contributed by atoms with van der Waals surface area (Å²) in [5.41, 5.74) is 0.527. The van der Waals surface area contributed by atoms with Crippen LogP contribution in [-0.2, 0) is 0 Å². The third-order valence-electron chi connectivity index (χ3n) is 3.39. The van der Waals surface area contributed by atoms with Crippen molar-refractivity contribution in [3.05, 3.63) is 10.8 Å². The molecule has 1 fully saturated rings. The molecule has 2 N–H and O–H groups in total. The number of hydrogen-bond donors (Lipinski definition) is 2. The van der Waals surface area contributed by atoms with E-state index in [1.54, 1.807) is 6.33 Å². The molecule has 4 nitrogen and oxygen atoms in total. The molecule has 0 amide bonds. The van der Waals surface area contributed by atoms with Crippen LogP contribution in [0.4, 0.5) is 11.6 Å². The standard InChI is InChI=1S/C12H19BrN4/c1-3-4-12(5-6-12)7-15-11-9(13)10(14-2)16-8-17-11/h8H,3-7H2,1-2H3,(H2,14,15,16,17). The van der Waals surface area contributed by atoms with Gasteiger partial charge in [-0.25, -0.2) is 9.97 Å². The Morgan fingerprint density at radius 3 is 2.65 bits per heavy atom. The van der Waals surface area contributed by atoms with Crippen LogP contribution >= 0.6 is 15.9 Å². The van der Waals surface area contributed by atoms with E-state index in [9.17, 15) is 0 Å². The molecule has 0 saturated heterocycles. The maximum Gasteiger partial charge on any atom is 0.145 e. The van der Waals surface area contributed by atoms with Crippen molar-refractivity contribution in [3.8, 4) is 0 Å². The third kappa shape index (κ3) is 2.89. The lowest BCUT2D eigenvalue weighted by molar-refractivity contribution is 0.485. The van der Waals surface area contributed by atoms with E-state index in [0.29, 0.717) is 5.41 Å². The van der Waals surface area contributed by atoms with Gasteiger partial charge in [-0.3, -0.25) is 0 Å². The van der Waals surface area contributed by atoms with Gasteiger partial charge in [-0.1, -0.05) is 13.3 Å². The minimum Gasteiger partial charge on any atom is -0.372 e. The maximum absolute atomic E-state index is 4.27. The monoisotopic (exact) mass is 298 g/mol. The summed E-state index contributed by atoms with van der Waals surface area (Å²) in [6, 6.07) is 0. The Morgan fingerprint density at radius 1 is 1.35 bits per heavy atom. The maximum atomic E-state index is 4.27. The van der Waals surface area contributed by atoms with Crippen molar-refractivity contribution in [1.82, 2.24) is 9.97 Å². The van der Waals surface area contributed by atoms with Crippen molar-refractivity contribution in [2.24, 2.45) is 5.41 Å². The van der Waals surface area contributed by atoms with Crippen molar-refractivity contribution in [2.45, 2.75) is 32.6 Å². The largest absolute Gasteiger partial charge is 0.372 e. The zero-order valence-corrected chi connectivity index (χ0v) is 12.0. The lowest BCUT2D eigenvalue weighted by Crippen LogP contribution is -2.16. The van der Waals surface area contributed by atoms with Crippen molar-refractivity contribution in [1.29, 1.82) is 0 Å². The van der Waals surface area contributed by atoms with Crippen LogP contribution in [0.2, 0.25) is 0 Å². The first-order valence-corrected chi connectivity index (χ1v) is 6.92. The smallest absolute Gasteiger partial charge is 0.145 e. The molecule has 1 aliphatic rings. The molecule has 0 bridgehead atoms. The minimum atomic E-state index is 0.527. The minimum absolute atomic E-state index is 0.527. The SMILES string of the molecule is CCCC1(CNc2ncnc(NC)c2Br)CC1. The lowest BCUT2D eigenvalue weighted by atomic mass is 10.0. The van der Waals surface area contributed by atoms with Crippen LogP contribution in [0, 0.1) is 5.41 Å². The summed E-state index contributed by atoms with van der Waals surface area (Å²) in [7, 11) is 1.86. The molecule has 2 rings (SSSR count). The number of hydrogen-bond acceptors (Lipinski definition) is 4. The van der Waals surface area contributed by atoms with Crippen LogP contribution < -0.4 is 10.6 Å². The molecule has 0 spiro atoms. The quantitative estimate of drug-likeness (QED) is 0.846. The van der Waals surface area contributed by atoms with E-state index in [1.807, 2.05) is 7.05 Å². The third-order valence-corrected chi connectivity index (χ3v) is 4.15. The first-order chi connectivity index (χ1) is 8.21. The Labute approximate surface area is 111 Å². The summed E-state index contributed by atoms with van der Waals surface area (Å²) in [5, 5.41) is 6.47. The van der Waals surface area contributed by atoms with E-state index in [-0.39, 0.29) is 0 Å². The van der Waals surface area contributed by atoms with Crippen molar-refractivity contribution in [3.63, 3.8) is 0 Å². The summed E-state index contributed by atoms with van der Waals surface area (Å²) >= 11 is 3.52. The molecule has 5 heteroatoms. The number of anilines is 2. The van der Waals surface area contributed by atoms with Gasteiger partial charge in [-0.05, 0) is 40.6 Å². The van der Waals surface area contributed by atoms with Crippen molar-refractivity contribution >= 4 is 27.6 Å². The summed E-state index contributed by atoms with van der Waals surface area (Å²) in [4.78, 5) is 8.41. The molecule has 1 aliphatic carbocycles. The lowest BCUT2D eigenvalue weighted by Gasteiger charge is -2.16. The molecular formula is C12H19BrN4. The topological polar surface area (TPSA) is 49.8 Å². The van der Waals surface area contributed by atoms with Crippen molar-refractivity contribution < 1.29 is 0 Å². The first kappa shape index (κ1) is 12.6. The predicted molar refractivity (Wildman–Crippen MR) is 74.3 cm³/mol.